The molecule has 0 spiro atoms. The van der Waals surface area contributed by atoms with Gasteiger partial charge in [-0.1, -0.05) is 59.6 Å². The van der Waals surface area contributed by atoms with Gasteiger partial charge in [0, 0.05) is 60.4 Å². The molecule has 4 aromatic rings. The first-order chi connectivity index (χ1) is 22.3. The van der Waals surface area contributed by atoms with E-state index in [1.165, 1.54) is 0 Å². The Balaban J connectivity index is 1.23. The van der Waals surface area contributed by atoms with E-state index in [1.807, 2.05) is 36.4 Å². The quantitative estimate of drug-likeness (QED) is 0.179. The van der Waals surface area contributed by atoms with Crippen LogP contribution in [-0.4, -0.2) is 64.9 Å². The lowest BCUT2D eigenvalue weighted by molar-refractivity contribution is -0.119. The highest BCUT2D eigenvalue weighted by molar-refractivity contribution is 6.39. The Kier molecular flexibility index (Phi) is 9.93. The number of nitrogens with zero attached hydrogens (tertiary/aromatic N) is 4. The molecular weight excluding hydrogens is 632 g/mol. The van der Waals surface area contributed by atoms with Crippen LogP contribution in [0, 0.1) is 0 Å². The summed E-state index contributed by atoms with van der Waals surface area (Å²) >= 11 is 14.0. The number of rotatable bonds is 12. The molecule has 1 amide bonds. The first kappa shape index (κ1) is 32.1. The standard InChI is InChI=1S/C33H34Cl2FN7O3/c1-45-32-27(14-37-13-19-9-10-29(44)41-19)39-15-25(42-32)23-7-3-5-21(30(23)34)22-6-4-8-24(31(22)35)26-16-40-28(33(43-26)46-2)17-38-20-11-18(36)12-20/h3-8,15-16,18-20,37-38H,9-14,17H2,1-2H3,(H,41,44)/t18?,19-,20?/m0/s1. The Morgan fingerprint density at radius 3 is 1.91 bits per heavy atom. The lowest BCUT2D eigenvalue weighted by Crippen LogP contribution is -2.42. The van der Waals surface area contributed by atoms with Crippen molar-refractivity contribution < 1.29 is 18.7 Å². The van der Waals surface area contributed by atoms with Gasteiger partial charge in [-0.2, -0.15) is 0 Å². The molecule has 46 heavy (non-hydrogen) atoms. The highest BCUT2D eigenvalue weighted by Gasteiger charge is 2.29. The van der Waals surface area contributed by atoms with Gasteiger partial charge < -0.3 is 25.4 Å². The van der Waals surface area contributed by atoms with E-state index < -0.39 is 6.17 Å². The fourth-order valence-electron chi connectivity index (χ4n) is 5.65. The third-order valence-corrected chi connectivity index (χ3v) is 9.07. The fraction of sp³-hybridized carbons (Fsp3) is 0.364. The number of carbonyl (C=O) groups is 1. The number of amides is 1. The van der Waals surface area contributed by atoms with E-state index in [4.69, 9.17) is 37.7 Å². The van der Waals surface area contributed by atoms with E-state index in [0.717, 1.165) is 6.42 Å². The molecule has 1 saturated carbocycles. The molecule has 1 saturated heterocycles. The third kappa shape index (κ3) is 6.92. The number of nitrogens with one attached hydrogen (secondary N) is 3. The SMILES string of the molecule is COc1nc(-c2cccc(-c3cccc(-c4cnc(CNC5CC(F)C5)c(OC)n4)c3Cl)c2Cl)cnc1CNC[C@@H]1CCC(=O)N1. The summed E-state index contributed by atoms with van der Waals surface area (Å²) in [5, 5.41) is 10.5. The number of aromatic nitrogens is 4. The molecular formula is C33H34Cl2FN7O3. The van der Waals surface area contributed by atoms with Crippen molar-refractivity contribution >= 4 is 29.1 Å². The molecule has 0 bridgehead atoms. The van der Waals surface area contributed by atoms with Crippen molar-refractivity contribution in [2.75, 3.05) is 20.8 Å². The number of hydrogen-bond donors (Lipinski definition) is 3. The predicted octanol–water partition coefficient (Wildman–Crippen LogP) is 5.55. The summed E-state index contributed by atoms with van der Waals surface area (Å²) in [7, 11) is 3.09. The number of ether oxygens (including phenoxy) is 2. The van der Waals surface area contributed by atoms with Crippen LogP contribution in [0.5, 0.6) is 11.8 Å². The van der Waals surface area contributed by atoms with Crippen molar-refractivity contribution in [1.29, 1.82) is 0 Å². The Hall–Kier alpha value is -3.90. The maximum absolute atomic E-state index is 13.2. The first-order valence-electron chi connectivity index (χ1n) is 15.1. The zero-order chi connectivity index (χ0) is 32.2. The zero-order valence-corrected chi connectivity index (χ0v) is 27.0. The number of methoxy groups -OCH3 is 2. The molecule has 3 heterocycles. The lowest BCUT2D eigenvalue weighted by atomic mass is 9.91. The summed E-state index contributed by atoms with van der Waals surface area (Å²) < 4.78 is 24.3. The van der Waals surface area contributed by atoms with E-state index in [-0.39, 0.29) is 18.0 Å². The molecule has 2 aromatic heterocycles. The molecule has 2 aromatic carbocycles. The molecule has 13 heteroatoms. The summed E-state index contributed by atoms with van der Waals surface area (Å²) in [6.07, 6.45) is 4.96. The van der Waals surface area contributed by atoms with Crippen LogP contribution in [0.2, 0.25) is 10.0 Å². The molecule has 1 atom stereocenters. The minimum Gasteiger partial charge on any atom is -0.480 e. The Morgan fingerprint density at radius 2 is 1.41 bits per heavy atom. The van der Waals surface area contributed by atoms with Gasteiger partial charge in [0.05, 0.1) is 48.0 Å². The van der Waals surface area contributed by atoms with Gasteiger partial charge in [0.25, 0.3) is 0 Å². The van der Waals surface area contributed by atoms with Crippen molar-refractivity contribution in [3.63, 3.8) is 0 Å². The van der Waals surface area contributed by atoms with Gasteiger partial charge in [0.1, 0.15) is 17.6 Å². The van der Waals surface area contributed by atoms with Gasteiger partial charge >= 0.3 is 0 Å². The van der Waals surface area contributed by atoms with Crippen LogP contribution in [0.3, 0.4) is 0 Å². The van der Waals surface area contributed by atoms with Crippen molar-refractivity contribution in [3.8, 4) is 45.4 Å². The number of hydrogen-bond acceptors (Lipinski definition) is 9. The summed E-state index contributed by atoms with van der Waals surface area (Å²) in [5.74, 6) is 0.836. The lowest BCUT2D eigenvalue weighted by Gasteiger charge is -2.30. The van der Waals surface area contributed by atoms with E-state index in [0.29, 0.717) is 106 Å². The van der Waals surface area contributed by atoms with Crippen LogP contribution in [0.1, 0.15) is 37.1 Å². The molecule has 2 aliphatic rings. The van der Waals surface area contributed by atoms with Gasteiger partial charge in [-0.15, -0.1) is 0 Å². The maximum atomic E-state index is 13.2. The summed E-state index contributed by atoms with van der Waals surface area (Å²) in [6.45, 7) is 1.49. The summed E-state index contributed by atoms with van der Waals surface area (Å²) in [6, 6.07) is 11.5. The Morgan fingerprint density at radius 1 is 0.870 bits per heavy atom. The van der Waals surface area contributed by atoms with Crippen LogP contribution in [0.4, 0.5) is 4.39 Å². The first-order valence-corrected chi connectivity index (χ1v) is 15.9. The average Bonchev–Trinajstić information content (AvgIpc) is 3.47. The molecule has 2 fully saturated rings. The number of carbonyl (C=O) groups excluding carboxylic acids is 1. The topological polar surface area (TPSA) is 123 Å². The third-order valence-electron chi connectivity index (χ3n) is 8.26. The number of halogens is 3. The van der Waals surface area contributed by atoms with Gasteiger partial charge in [-0.05, 0) is 19.3 Å². The van der Waals surface area contributed by atoms with E-state index in [1.54, 1.807) is 26.6 Å². The monoisotopic (exact) mass is 665 g/mol. The van der Waals surface area contributed by atoms with Crippen LogP contribution in [-0.2, 0) is 17.9 Å². The maximum Gasteiger partial charge on any atom is 0.237 e. The highest BCUT2D eigenvalue weighted by Crippen LogP contribution is 2.42. The second-order valence-corrected chi connectivity index (χ2v) is 12.1. The van der Waals surface area contributed by atoms with E-state index in [9.17, 15) is 9.18 Å². The summed E-state index contributed by atoms with van der Waals surface area (Å²) in [4.78, 5) is 30.0. The summed E-state index contributed by atoms with van der Waals surface area (Å²) in [5.41, 5.74) is 5.13. The molecule has 1 aliphatic carbocycles. The van der Waals surface area contributed by atoms with Gasteiger partial charge in [-0.3, -0.25) is 14.8 Å². The molecule has 10 nitrogen and oxygen atoms in total. The second kappa shape index (κ2) is 14.3. The molecule has 3 N–H and O–H groups in total. The van der Waals surface area contributed by atoms with Crippen molar-refractivity contribution in [3.05, 3.63) is 70.2 Å². The van der Waals surface area contributed by atoms with Gasteiger partial charge in [0.15, 0.2) is 0 Å². The fourth-order valence-corrected chi connectivity index (χ4v) is 6.30. The van der Waals surface area contributed by atoms with Crippen LogP contribution < -0.4 is 25.4 Å². The number of benzene rings is 2. The van der Waals surface area contributed by atoms with Crippen LogP contribution in [0.25, 0.3) is 33.6 Å². The molecule has 0 radical (unpaired) electrons. The molecule has 6 rings (SSSR count). The Bertz CT molecular complexity index is 1740. The van der Waals surface area contributed by atoms with Gasteiger partial charge in [-0.25, -0.2) is 14.4 Å². The second-order valence-electron chi connectivity index (χ2n) is 11.3. The van der Waals surface area contributed by atoms with Crippen LogP contribution in [0.15, 0.2) is 48.8 Å². The number of alkyl halides is 1. The minimum absolute atomic E-state index is 0.0795. The van der Waals surface area contributed by atoms with Crippen molar-refractivity contribution in [1.82, 2.24) is 35.9 Å². The van der Waals surface area contributed by atoms with Crippen LogP contribution >= 0.6 is 23.2 Å². The highest BCUT2D eigenvalue weighted by atomic mass is 35.5. The molecule has 1 aliphatic heterocycles. The average molecular weight is 667 g/mol. The van der Waals surface area contributed by atoms with E-state index >= 15 is 0 Å². The minimum atomic E-state index is -0.736. The van der Waals surface area contributed by atoms with Gasteiger partial charge in [0.2, 0.25) is 17.7 Å². The normalized spacial score (nSPS) is 19.1. The van der Waals surface area contributed by atoms with E-state index in [2.05, 4.69) is 30.9 Å². The molecule has 240 valence electrons. The largest absolute Gasteiger partial charge is 0.480 e. The predicted molar refractivity (Wildman–Crippen MR) is 175 cm³/mol. The Labute approximate surface area is 276 Å². The smallest absolute Gasteiger partial charge is 0.237 e. The molecule has 0 unspecified atom stereocenters. The zero-order valence-electron chi connectivity index (χ0n) is 25.4. The van der Waals surface area contributed by atoms with Crippen molar-refractivity contribution in [2.24, 2.45) is 0 Å². The van der Waals surface area contributed by atoms with Crippen molar-refractivity contribution in [2.45, 2.75) is 57.0 Å².